The van der Waals surface area contributed by atoms with Crippen LogP contribution in [0.4, 0.5) is 5.69 Å². The zero-order chi connectivity index (χ0) is 17.0. The topological polar surface area (TPSA) is 76.7 Å². The van der Waals surface area contributed by atoms with E-state index in [4.69, 9.17) is 10.5 Å². The van der Waals surface area contributed by atoms with E-state index in [0.29, 0.717) is 25.5 Å². The van der Waals surface area contributed by atoms with Gasteiger partial charge in [0.2, 0.25) is 0 Å². The van der Waals surface area contributed by atoms with E-state index in [9.17, 15) is 4.79 Å². The monoisotopic (exact) mass is 453 g/mol. The first kappa shape index (κ1) is 21.0. The largest absolute Gasteiger partial charge is 0.461 e. The second-order valence-corrected chi connectivity index (χ2v) is 5.36. The van der Waals surface area contributed by atoms with E-state index >= 15 is 0 Å². The summed E-state index contributed by atoms with van der Waals surface area (Å²) < 4.78 is 5.22. The van der Waals surface area contributed by atoms with Crippen molar-refractivity contribution in [1.82, 2.24) is 0 Å². The van der Waals surface area contributed by atoms with Gasteiger partial charge in [-0.3, -0.25) is 9.79 Å². The Morgan fingerprint density at radius 3 is 2.32 bits per heavy atom. The molecule has 0 aliphatic carbocycles. The van der Waals surface area contributed by atoms with E-state index in [2.05, 4.69) is 10.3 Å². The lowest BCUT2D eigenvalue weighted by Crippen LogP contribution is -2.22. The zero-order valence-corrected chi connectivity index (χ0v) is 16.4. The van der Waals surface area contributed by atoms with Gasteiger partial charge in [0.15, 0.2) is 5.96 Å². The summed E-state index contributed by atoms with van der Waals surface area (Å²) in [5, 5.41) is 3.02. The molecule has 0 atom stereocenters. The summed E-state index contributed by atoms with van der Waals surface area (Å²) in [5.74, 6) is 0.200. The highest BCUT2D eigenvalue weighted by molar-refractivity contribution is 14.0. The number of halogens is 1. The highest BCUT2D eigenvalue weighted by Crippen LogP contribution is 2.05. The van der Waals surface area contributed by atoms with E-state index in [-0.39, 0.29) is 29.9 Å². The van der Waals surface area contributed by atoms with Gasteiger partial charge in [0, 0.05) is 18.7 Å². The molecule has 3 N–H and O–H groups in total. The van der Waals surface area contributed by atoms with Gasteiger partial charge in [-0.15, -0.1) is 24.0 Å². The molecule has 0 aromatic heterocycles. The van der Waals surface area contributed by atoms with E-state index in [1.165, 1.54) is 0 Å². The van der Waals surface area contributed by atoms with Crippen molar-refractivity contribution >= 4 is 41.6 Å². The summed E-state index contributed by atoms with van der Waals surface area (Å²) in [7, 11) is 0. The number of carbonyl (C=O) groups excluding carboxylic acids is 1. The number of para-hydroxylation sites is 1. The van der Waals surface area contributed by atoms with Crippen LogP contribution in [0.25, 0.3) is 0 Å². The second kappa shape index (κ2) is 12.3. The van der Waals surface area contributed by atoms with Crippen molar-refractivity contribution in [3.05, 3.63) is 66.2 Å². The minimum absolute atomic E-state index is 0. The lowest BCUT2D eigenvalue weighted by Gasteiger charge is -2.06. The quantitative estimate of drug-likeness (QED) is 0.209. The molecule has 0 fully saturated rings. The summed E-state index contributed by atoms with van der Waals surface area (Å²) in [6, 6.07) is 19.3. The summed E-state index contributed by atoms with van der Waals surface area (Å²) in [6.07, 6.45) is 1.92. The number of guanidine groups is 1. The van der Waals surface area contributed by atoms with Gasteiger partial charge in [0.05, 0.1) is 0 Å². The average Bonchev–Trinajstić information content (AvgIpc) is 2.61. The number of aliphatic imine (C=N–C) groups is 1. The van der Waals surface area contributed by atoms with Crippen LogP contribution in [0.15, 0.2) is 65.7 Å². The van der Waals surface area contributed by atoms with Crippen molar-refractivity contribution in [3.8, 4) is 0 Å². The normalized spacial score (nSPS) is 10.6. The molecule has 2 aromatic rings. The summed E-state index contributed by atoms with van der Waals surface area (Å²) in [5.41, 5.74) is 7.71. The van der Waals surface area contributed by atoms with Gasteiger partial charge in [-0.25, -0.2) is 0 Å². The molecule has 6 heteroatoms. The van der Waals surface area contributed by atoms with Crippen molar-refractivity contribution in [3.63, 3.8) is 0 Å². The SMILES string of the molecule is I.NC(=NCCCCC(=O)OCc1ccccc1)Nc1ccccc1. The first-order valence-corrected chi connectivity index (χ1v) is 8.05. The number of hydrogen-bond acceptors (Lipinski definition) is 3. The summed E-state index contributed by atoms with van der Waals surface area (Å²) in [6.45, 7) is 0.906. The predicted octanol–water partition coefficient (Wildman–Crippen LogP) is 3.94. The maximum Gasteiger partial charge on any atom is 0.306 e. The molecule has 0 aliphatic heterocycles. The van der Waals surface area contributed by atoms with E-state index in [0.717, 1.165) is 24.1 Å². The Labute approximate surface area is 165 Å². The predicted molar refractivity (Wildman–Crippen MR) is 112 cm³/mol. The number of benzene rings is 2. The second-order valence-electron chi connectivity index (χ2n) is 5.36. The lowest BCUT2D eigenvalue weighted by atomic mass is 10.2. The number of unbranched alkanes of at least 4 members (excludes halogenated alkanes) is 1. The molecule has 25 heavy (non-hydrogen) atoms. The van der Waals surface area contributed by atoms with Gasteiger partial charge in [-0.1, -0.05) is 48.5 Å². The summed E-state index contributed by atoms with van der Waals surface area (Å²) >= 11 is 0. The molecule has 0 radical (unpaired) electrons. The Balaban J connectivity index is 0.00000312. The highest BCUT2D eigenvalue weighted by Gasteiger charge is 2.03. The molecular formula is C19H24IN3O2. The fourth-order valence-electron chi connectivity index (χ4n) is 2.10. The molecule has 2 aromatic carbocycles. The van der Waals surface area contributed by atoms with Crippen LogP contribution in [0, 0.1) is 0 Å². The summed E-state index contributed by atoms with van der Waals surface area (Å²) in [4.78, 5) is 15.9. The third-order valence-corrected chi connectivity index (χ3v) is 3.36. The van der Waals surface area contributed by atoms with Crippen molar-refractivity contribution in [2.45, 2.75) is 25.9 Å². The van der Waals surface area contributed by atoms with Crippen LogP contribution in [0.1, 0.15) is 24.8 Å². The van der Waals surface area contributed by atoms with Crippen LogP contribution >= 0.6 is 24.0 Å². The van der Waals surface area contributed by atoms with Gasteiger partial charge in [0.25, 0.3) is 0 Å². The Bertz CT molecular complexity index is 648. The average molecular weight is 453 g/mol. The maximum atomic E-state index is 11.7. The Hall–Kier alpha value is -2.09. The van der Waals surface area contributed by atoms with E-state index < -0.39 is 0 Å². The molecule has 5 nitrogen and oxygen atoms in total. The number of nitrogens with two attached hydrogens (primary N) is 1. The smallest absolute Gasteiger partial charge is 0.306 e. The minimum atomic E-state index is -0.182. The van der Waals surface area contributed by atoms with Gasteiger partial charge in [-0.2, -0.15) is 0 Å². The molecule has 0 bridgehead atoms. The number of ether oxygens (including phenoxy) is 1. The van der Waals surface area contributed by atoms with E-state index in [1.807, 2.05) is 60.7 Å². The minimum Gasteiger partial charge on any atom is -0.461 e. The number of nitrogens with one attached hydrogen (secondary N) is 1. The first-order valence-electron chi connectivity index (χ1n) is 8.05. The maximum absolute atomic E-state index is 11.7. The Morgan fingerprint density at radius 2 is 1.64 bits per heavy atom. The van der Waals surface area contributed by atoms with Crippen LogP contribution in [0.5, 0.6) is 0 Å². The molecule has 0 aliphatic rings. The van der Waals surface area contributed by atoms with Gasteiger partial charge in [-0.05, 0) is 30.5 Å². The van der Waals surface area contributed by atoms with E-state index in [1.54, 1.807) is 0 Å². The molecule has 0 heterocycles. The van der Waals surface area contributed by atoms with Gasteiger partial charge < -0.3 is 15.8 Å². The fraction of sp³-hybridized carbons (Fsp3) is 0.263. The van der Waals surface area contributed by atoms with Crippen molar-refractivity contribution in [2.24, 2.45) is 10.7 Å². The molecular weight excluding hydrogens is 429 g/mol. The highest BCUT2D eigenvalue weighted by atomic mass is 127. The number of rotatable bonds is 8. The molecule has 0 saturated heterocycles. The number of carbonyl (C=O) groups is 1. The van der Waals surface area contributed by atoms with Crippen molar-refractivity contribution in [1.29, 1.82) is 0 Å². The first-order chi connectivity index (χ1) is 11.7. The van der Waals surface area contributed by atoms with Crippen LogP contribution in [0.3, 0.4) is 0 Å². The number of anilines is 1. The Morgan fingerprint density at radius 1 is 1.00 bits per heavy atom. The Kier molecular flexibility index (Phi) is 10.3. The molecule has 0 amide bonds. The number of esters is 1. The van der Waals surface area contributed by atoms with Crippen molar-refractivity contribution < 1.29 is 9.53 Å². The van der Waals surface area contributed by atoms with Gasteiger partial charge in [0.1, 0.15) is 6.61 Å². The third-order valence-electron chi connectivity index (χ3n) is 3.36. The van der Waals surface area contributed by atoms with Crippen LogP contribution < -0.4 is 11.1 Å². The third kappa shape index (κ3) is 9.09. The number of hydrogen-bond donors (Lipinski definition) is 2. The number of nitrogens with zero attached hydrogens (tertiary/aromatic N) is 1. The van der Waals surface area contributed by atoms with Crippen LogP contribution in [-0.4, -0.2) is 18.5 Å². The standard InChI is InChI=1S/C19H23N3O2.HI/c20-19(22-17-11-5-2-6-12-17)21-14-8-7-13-18(23)24-15-16-9-3-1-4-10-16;/h1-6,9-12H,7-8,13-15H2,(H3,20,21,22);1H. The lowest BCUT2D eigenvalue weighted by molar-refractivity contribution is -0.145. The molecule has 0 saturated carbocycles. The fourth-order valence-corrected chi connectivity index (χ4v) is 2.10. The molecule has 2 rings (SSSR count). The molecule has 0 spiro atoms. The van der Waals surface area contributed by atoms with Crippen LogP contribution in [0.2, 0.25) is 0 Å². The molecule has 134 valence electrons. The zero-order valence-electron chi connectivity index (χ0n) is 14.1. The van der Waals surface area contributed by atoms with Crippen LogP contribution in [-0.2, 0) is 16.1 Å². The van der Waals surface area contributed by atoms with Crippen molar-refractivity contribution in [2.75, 3.05) is 11.9 Å². The molecule has 0 unspecified atom stereocenters. The van der Waals surface area contributed by atoms with Gasteiger partial charge >= 0.3 is 5.97 Å².